The molecule has 0 saturated carbocycles. The van der Waals surface area contributed by atoms with Gasteiger partial charge in [0.25, 0.3) is 0 Å². The van der Waals surface area contributed by atoms with Crippen molar-refractivity contribution in [3.8, 4) is 0 Å². The van der Waals surface area contributed by atoms with Crippen molar-refractivity contribution in [3.05, 3.63) is 59.7 Å². The molecule has 0 unspecified atom stereocenters. The van der Waals surface area contributed by atoms with Gasteiger partial charge in [0.2, 0.25) is 0 Å². The van der Waals surface area contributed by atoms with E-state index in [9.17, 15) is 4.79 Å². The molecule has 0 bridgehead atoms. The second-order valence-electron chi connectivity index (χ2n) is 11.3. The van der Waals surface area contributed by atoms with Gasteiger partial charge in [-0.25, -0.2) is 0 Å². The Morgan fingerprint density at radius 3 is 2.03 bits per heavy atom. The van der Waals surface area contributed by atoms with Crippen LogP contribution in [-0.4, -0.2) is 95.1 Å². The fourth-order valence-electron chi connectivity index (χ4n) is 5.44. The molecule has 0 N–H and O–H groups in total. The SMILES string of the molecule is CCCCN(CCCC)c1cccc(C(=O)C=Cc2ccc(N3CCN(C)CC3)cc2N2CCN(C)CC2)c1. The molecule has 6 nitrogen and oxygen atoms in total. The van der Waals surface area contributed by atoms with Crippen molar-refractivity contribution >= 4 is 28.9 Å². The highest BCUT2D eigenvalue weighted by molar-refractivity contribution is 6.07. The number of hydrogen-bond acceptors (Lipinski definition) is 6. The van der Waals surface area contributed by atoms with E-state index in [1.54, 1.807) is 6.08 Å². The van der Waals surface area contributed by atoms with Gasteiger partial charge in [-0.05, 0) is 68.9 Å². The van der Waals surface area contributed by atoms with Crippen molar-refractivity contribution in [1.82, 2.24) is 9.80 Å². The van der Waals surface area contributed by atoms with E-state index in [-0.39, 0.29) is 5.78 Å². The molecule has 6 heteroatoms. The zero-order valence-corrected chi connectivity index (χ0v) is 24.7. The Labute approximate surface area is 236 Å². The molecular weight excluding hydrogens is 482 g/mol. The number of nitrogens with zero attached hydrogens (tertiary/aromatic N) is 5. The van der Waals surface area contributed by atoms with Crippen LogP contribution in [0.2, 0.25) is 0 Å². The van der Waals surface area contributed by atoms with E-state index >= 15 is 0 Å². The van der Waals surface area contributed by atoms with Gasteiger partial charge < -0.3 is 24.5 Å². The minimum atomic E-state index is 0.0651. The van der Waals surface area contributed by atoms with E-state index in [1.165, 1.54) is 37.1 Å². The van der Waals surface area contributed by atoms with Crippen molar-refractivity contribution in [3.63, 3.8) is 0 Å². The molecule has 2 heterocycles. The second-order valence-corrected chi connectivity index (χ2v) is 11.3. The summed E-state index contributed by atoms with van der Waals surface area (Å²) in [4.78, 5) is 25.6. The summed E-state index contributed by atoms with van der Waals surface area (Å²) in [5.41, 5.74) is 5.56. The van der Waals surface area contributed by atoms with Crippen LogP contribution in [0.4, 0.5) is 17.1 Å². The highest BCUT2D eigenvalue weighted by atomic mass is 16.1. The fourth-order valence-corrected chi connectivity index (χ4v) is 5.44. The number of rotatable bonds is 12. The van der Waals surface area contributed by atoms with Crippen LogP contribution in [0.5, 0.6) is 0 Å². The predicted molar refractivity (Wildman–Crippen MR) is 168 cm³/mol. The number of carbonyl (C=O) groups is 1. The maximum atomic E-state index is 13.4. The molecular formula is C33H49N5O. The maximum Gasteiger partial charge on any atom is 0.185 e. The summed E-state index contributed by atoms with van der Waals surface area (Å²) >= 11 is 0. The molecule has 2 fully saturated rings. The molecule has 2 saturated heterocycles. The number of benzene rings is 2. The van der Waals surface area contributed by atoms with E-state index < -0.39 is 0 Å². The molecule has 0 amide bonds. The van der Waals surface area contributed by atoms with Gasteiger partial charge in [0.15, 0.2) is 5.78 Å². The zero-order valence-electron chi connectivity index (χ0n) is 24.7. The van der Waals surface area contributed by atoms with Crippen molar-refractivity contribution in [2.75, 3.05) is 94.2 Å². The van der Waals surface area contributed by atoms with Gasteiger partial charge in [-0.15, -0.1) is 0 Å². The number of allylic oxidation sites excluding steroid dienone is 1. The summed E-state index contributed by atoms with van der Waals surface area (Å²) in [5, 5.41) is 0. The minimum absolute atomic E-state index is 0.0651. The van der Waals surface area contributed by atoms with Gasteiger partial charge in [0, 0.05) is 88.1 Å². The van der Waals surface area contributed by atoms with E-state index in [2.05, 4.69) is 82.8 Å². The third-order valence-electron chi connectivity index (χ3n) is 8.20. The Hall–Kier alpha value is -2.83. The number of likely N-dealkylation sites (N-methyl/N-ethyl adjacent to an activating group) is 2. The predicted octanol–water partition coefficient (Wildman–Crippen LogP) is 5.49. The van der Waals surface area contributed by atoms with Crippen LogP contribution in [0.3, 0.4) is 0 Å². The molecule has 2 aliphatic rings. The lowest BCUT2D eigenvalue weighted by Gasteiger charge is -2.37. The number of hydrogen-bond donors (Lipinski definition) is 0. The van der Waals surface area contributed by atoms with Crippen molar-refractivity contribution in [1.29, 1.82) is 0 Å². The van der Waals surface area contributed by atoms with E-state index in [0.717, 1.165) is 82.3 Å². The van der Waals surface area contributed by atoms with Crippen molar-refractivity contribution in [2.24, 2.45) is 0 Å². The van der Waals surface area contributed by atoms with E-state index in [4.69, 9.17) is 0 Å². The van der Waals surface area contributed by atoms with E-state index in [0.29, 0.717) is 0 Å². The normalized spacial score (nSPS) is 17.2. The zero-order chi connectivity index (χ0) is 27.6. The third kappa shape index (κ3) is 8.09. The summed E-state index contributed by atoms with van der Waals surface area (Å²) in [6.07, 6.45) is 8.48. The molecule has 0 atom stereocenters. The van der Waals surface area contributed by atoms with E-state index in [1.807, 2.05) is 18.2 Å². The summed E-state index contributed by atoms with van der Waals surface area (Å²) in [5.74, 6) is 0.0651. The van der Waals surface area contributed by atoms with Crippen LogP contribution in [0, 0.1) is 0 Å². The summed E-state index contributed by atoms with van der Waals surface area (Å²) in [7, 11) is 4.39. The van der Waals surface area contributed by atoms with Crippen LogP contribution in [0.25, 0.3) is 6.08 Å². The van der Waals surface area contributed by atoms with Gasteiger partial charge in [0.05, 0.1) is 0 Å². The van der Waals surface area contributed by atoms with Gasteiger partial charge in [-0.2, -0.15) is 0 Å². The first-order valence-corrected chi connectivity index (χ1v) is 15.1. The lowest BCUT2D eigenvalue weighted by Crippen LogP contribution is -2.45. The summed E-state index contributed by atoms with van der Waals surface area (Å²) < 4.78 is 0. The molecule has 2 aromatic carbocycles. The van der Waals surface area contributed by atoms with Crippen molar-refractivity contribution in [2.45, 2.75) is 39.5 Å². The Bertz CT molecular complexity index is 1080. The highest BCUT2D eigenvalue weighted by Crippen LogP contribution is 2.30. The van der Waals surface area contributed by atoms with Gasteiger partial charge in [-0.3, -0.25) is 4.79 Å². The first-order chi connectivity index (χ1) is 19.0. The fraction of sp³-hybridized carbons (Fsp3) is 0.545. The minimum Gasteiger partial charge on any atom is -0.372 e. The molecule has 0 spiro atoms. The Morgan fingerprint density at radius 1 is 0.795 bits per heavy atom. The maximum absolute atomic E-state index is 13.4. The van der Waals surface area contributed by atoms with Crippen LogP contribution < -0.4 is 14.7 Å². The lowest BCUT2D eigenvalue weighted by atomic mass is 10.0. The molecule has 0 aliphatic carbocycles. The average Bonchev–Trinajstić information content (AvgIpc) is 2.97. The quantitative estimate of drug-likeness (QED) is 0.266. The number of piperazine rings is 2. The second kappa shape index (κ2) is 14.5. The monoisotopic (exact) mass is 531 g/mol. The van der Waals surface area contributed by atoms with Crippen LogP contribution in [0.1, 0.15) is 55.5 Å². The standard InChI is InChI=1S/C33H49N5O/c1-5-7-16-36(17-8-6-2)30-11-9-10-29(26-30)33(39)15-13-28-12-14-31(37-22-18-34(3)19-23-37)27-32(28)38-24-20-35(4)21-25-38/h9-15,26-27H,5-8,16-25H2,1-4H3. The Balaban J connectivity index is 1.55. The van der Waals surface area contributed by atoms with Crippen molar-refractivity contribution < 1.29 is 4.79 Å². The largest absolute Gasteiger partial charge is 0.372 e. The van der Waals surface area contributed by atoms with Crippen LogP contribution >= 0.6 is 0 Å². The third-order valence-corrected chi connectivity index (χ3v) is 8.20. The smallest absolute Gasteiger partial charge is 0.185 e. The number of anilines is 3. The molecule has 2 aliphatic heterocycles. The molecule has 2 aromatic rings. The summed E-state index contributed by atoms with van der Waals surface area (Å²) in [6.45, 7) is 15.0. The number of ketones is 1. The number of carbonyl (C=O) groups excluding carboxylic acids is 1. The van der Waals surface area contributed by atoms with Gasteiger partial charge >= 0.3 is 0 Å². The summed E-state index contributed by atoms with van der Waals surface area (Å²) in [6, 6.07) is 15.0. The molecule has 0 aromatic heterocycles. The van der Waals surface area contributed by atoms with Crippen LogP contribution in [0.15, 0.2) is 48.5 Å². The van der Waals surface area contributed by atoms with Gasteiger partial charge in [-0.1, -0.05) is 44.9 Å². The van der Waals surface area contributed by atoms with Crippen LogP contribution in [-0.2, 0) is 0 Å². The topological polar surface area (TPSA) is 33.3 Å². The Kier molecular flexibility index (Phi) is 10.9. The first-order valence-electron chi connectivity index (χ1n) is 15.1. The molecule has 39 heavy (non-hydrogen) atoms. The Morgan fingerprint density at radius 2 is 1.41 bits per heavy atom. The molecule has 4 rings (SSSR count). The average molecular weight is 532 g/mol. The first kappa shape index (κ1) is 29.2. The highest BCUT2D eigenvalue weighted by Gasteiger charge is 2.20. The number of unbranched alkanes of at least 4 members (excludes halogenated alkanes) is 2. The van der Waals surface area contributed by atoms with Gasteiger partial charge in [0.1, 0.15) is 0 Å². The lowest BCUT2D eigenvalue weighted by molar-refractivity contribution is 0.104. The molecule has 0 radical (unpaired) electrons. The molecule has 212 valence electrons.